The van der Waals surface area contributed by atoms with E-state index in [0.29, 0.717) is 42.6 Å². The molecule has 8 nitrogen and oxygen atoms in total. The summed E-state index contributed by atoms with van der Waals surface area (Å²) in [5.41, 5.74) is 2.30. The minimum Gasteiger partial charge on any atom is -0.493 e. The molecular formula is C23H25N3O5. The molecule has 0 saturated carbocycles. The standard InChI is InChI=1S/C23H25N3O5/c1-29-19-9-16-15(21(30-2)22(19)31-3)8-17(24-16)23(28)25-10-13-7-14(12-25)18-5-4-6-20(27)26(18)11-13/h4-6,8-9,13-14,24H,7,10-12H2,1-3H3. The average Bonchev–Trinajstić information content (AvgIpc) is 3.21. The predicted molar refractivity (Wildman–Crippen MR) is 115 cm³/mol. The van der Waals surface area contributed by atoms with E-state index < -0.39 is 0 Å². The highest BCUT2D eigenvalue weighted by atomic mass is 16.5. The summed E-state index contributed by atoms with van der Waals surface area (Å²) in [5, 5.41) is 0.762. The molecule has 2 aromatic heterocycles. The Morgan fingerprint density at radius 1 is 1.03 bits per heavy atom. The highest BCUT2D eigenvalue weighted by Gasteiger charge is 2.37. The van der Waals surface area contributed by atoms with Gasteiger partial charge in [-0.15, -0.1) is 0 Å². The molecule has 4 heterocycles. The fourth-order valence-corrected chi connectivity index (χ4v) is 5.10. The number of pyridine rings is 1. The summed E-state index contributed by atoms with van der Waals surface area (Å²) in [7, 11) is 4.69. The summed E-state index contributed by atoms with van der Waals surface area (Å²) in [6.07, 6.45) is 1.00. The van der Waals surface area contributed by atoms with Gasteiger partial charge in [0.2, 0.25) is 5.75 Å². The number of methoxy groups -OCH3 is 3. The quantitative estimate of drug-likeness (QED) is 0.697. The highest BCUT2D eigenvalue weighted by Crippen LogP contribution is 2.44. The Morgan fingerprint density at radius 3 is 2.58 bits per heavy atom. The number of nitrogens with one attached hydrogen (secondary N) is 1. The van der Waals surface area contributed by atoms with E-state index in [0.717, 1.165) is 23.0 Å². The molecule has 2 unspecified atom stereocenters. The summed E-state index contributed by atoms with van der Waals surface area (Å²) >= 11 is 0. The zero-order valence-electron chi connectivity index (χ0n) is 17.8. The topological polar surface area (TPSA) is 85.8 Å². The van der Waals surface area contributed by atoms with Gasteiger partial charge in [0.05, 0.1) is 26.8 Å². The highest BCUT2D eigenvalue weighted by molar-refractivity contribution is 6.01. The number of nitrogens with zero attached hydrogens (tertiary/aromatic N) is 2. The van der Waals surface area contributed by atoms with Gasteiger partial charge in [-0.2, -0.15) is 0 Å². The zero-order valence-corrected chi connectivity index (χ0v) is 17.8. The Kier molecular flexibility index (Phi) is 4.64. The van der Waals surface area contributed by atoms with Gasteiger partial charge in [0.25, 0.3) is 11.5 Å². The molecule has 162 valence electrons. The fourth-order valence-electron chi connectivity index (χ4n) is 5.10. The normalized spacial score (nSPS) is 19.8. The number of rotatable bonds is 4. The first-order chi connectivity index (χ1) is 15.0. The lowest BCUT2D eigenvalue weighted by Gasteiger charge is -2.42. The first-order valence-electron chi connectivity index (χ1n) is 10.3. The predicted octanol–water partition coefficient (Wildman–Crippen LogP) is 2.61. The number of carbonyl (C=O) groups is 1. The number of piperidine rings is 1. The Bertz CT molecular complexity index is 1230. The first-order valence-corrected chi connectivity index (χ1v) is 10.3. The van der Waals surface area contributed by atoms with E-state index in [1.807, 2.05) is 15.5 Å². The average molecular weight is 423 g/mol. The molecule has 2 bridgehead atoms. The molecule has 31 heavy (non-hydrogen) atoms. The zero-order chi connectivity index (χ0) is 21.7. The van der Waals surface area contributed by atoms with Gasteiger partial charge in [-0.25, -0.2) is 0 Å². The van der Waals surface area contributed by atoms with Crippen molar-refractivity contribution in [3.05, 3.63) is 52.1 Å². The van der Waals surface area contributed by atoms with E-state index in [-0.39, 0.29) is 23.3 Å². The summed E-state index contributed by atoms with van der Waals surface area (Å²) < 4.78 is 18.3. The van der Waals surface area contributed by atoms with Gasteiger partial charge in [0, 0.05) is 48.8 Å². The van der Waals surface area contributed by atoms with Crippen molar-refractivity contribution in [2.75, 3.05) is 34.4 Å². The fraction of sp³-hybridized carbons (Fsp3) is 0.391. The SMILES string of the molecule is COc1cc2[nH]c(C(=O)N3CC4CC(C3)c3cccc(=O)n3C4)cc2c(OC)c1OC. The van der Waals surface area contributed by atoms with Crippen LogP contribution in [-0.2, 0) is 6.54 Å². The maximum Gasteiger partial charge on any atom is 0.270 e. The van der Waals surface area contributed by atoms with Crippen LogP contribution >= 0.6 is 0 Å². The molecule has 0 spiro atoms. The number of H-pyrrole nitrogens is 1. The summed E-state index contributed by atoms with van der Waals surface area (Å²) in [5.74, 6) is 1.93. The monoisotopic (exact) mass is 423 g/mol. The van der Waals surface area contributed by atoms with Crippen LogP contribution in [0.5, 0.6) is 17.2 Å². The van der Waals surface area contributed by atoms with Crippen LogP contribution in [0.3, 0.4) is 0 Å². The molecule has 1 aromatic carbocycles. The summed E-state index contributed by atoms with van der Waals surface area (Å²) in [6, 6.07) is 9.03. The van der Waals surface area contributed by atoms with Crippen LogP contribution in [0.15, 0.2) is 35.1 Å². The van der Waals surface area contributed by atoms with E-state index in [4.69, 9.17) is 14.2 Å². The lowest BCUT2D eigenvalue weighted by molar-refractivity contribution is 0.0589. The maximum atomic E-state index is 13.4. The van der Waals surface area contributed by atoms with Gasteiger partial charge in [-0.1, -0.05) is 6.07 Å². The third-order valence-corrected chi connectivity index (χ3v) is 6.42. The van der Waals surface area contributed by atoms with E-state index in [2.05, 4.69) is 4.98 Å². The van der Waals surface area contributed by atoms with Gasteiger partial charge in [-0.05, 0) is 24.5 Å². The molecule has 1 N–H and O–H groups in total. The Balaban J connectivity index is 1.49. The molecule has 1 saturated heterocycles. The number of fused-ring (bicyclic) bond motifs is 5. The van der Waals surface area contributed by atoms with Crippen molar-refractivity contribution >= 4 is 16.8 Å². The van der Waals surface area contributed by atoms with Gasteiger partial charge in [0.15, 0.2) is 11.5 Å². The van der Waals surface area contributed by atoms with E-state index in [9.17, 15) is 9.59 Å². The molecule has 2 atom stereocenters. The molecule has 5 rings (SSSR count). The van der Waals surface area contributed by atoms with Crippen LogP contribution in [0, 0.1) is 5.92 Å². The largest absolute Gasteiger partial charge is 0.493 e. The van der Waals surface area contributed by atoms with Crippen LogP contribution < -0.4 is 19.8 Å². The number of hydrogen-bond acceptors (Lipinski definition) is 5. The van der Waals surface area contributed by atoms with Crippen molar-refractivity contribution in [1.82, 2.24) is 14.5 Å². The van der Waals surface area contributed by atoms with Crippen LogP contribution in [0.1, 0.15) is 28.5 Å². The van der Waals surface area contributed by atoms with Crippen molar-refractivity contribution in [3.8, 4) is 17.2 Å². The molecular weight excluding hydrogens is 398 g/mol. The Labute approximate surface area is 179 Å². The van der Waals surface area contributed by atoms with E-state index in [1.54, 1.807) is 45.6 Å². The Hall–Kier alpha value is -3.42. The molecule has 0 radical (unpaired) electrons. The number of hydrogen-bond donors (Lipinski definition) is 1. The second kappa shape index (κ2) is 7.37. The first kappa shape index (κ1) is 19.5. The number of benzene rings is 1. The molecule has 8 heteroatoms. The van der Waals surface area contributed by atoms with Crippen molar-refractivity contribution in [3.63, 3.8) is 0 Å². The van der Waals surface area contributed by atoms with Gasteiger partial charge in [0.1, 0.15) is 5.69 Å². The molecule has 2 aliphatic rings. The third kappa shape index (κ3) is 3.05. The maximum absolute atomic E-state index is 13.4. The lowest BCUT2D eigenvalue weighted by atomic mass is 9.83. The van der Waals surface area contributed by atoms with Crippen molar-refractivity contribution < 1.29 is 19.0 Å². The second-order valence-corrected chi connectivity index (χ2v) is 8.20. The van der Waals surface area contributed by atoms with Crippen LogP contribution in [0.25, 0.3) is 10.9 Å². The number of amides is 1. The minimum absolute atomic E-state index is 0.0394. The van der Waals surface area contributed by atoms with E-state index >= 15 is 0 Å². The number of likely N-dealkylation sites (tertiary alicyclic amines) is 1. The second-order valence-electron chi connectivity index (χ2n) is 8.20. The van der Waals surface area contributed by atoms with Crippen molar-refractivity contribution in [2.45, 2.75) is 18.9 Å². The van der Waals surface area contributed by atoms with Crippen LogP contribution in [0.4, 0.5) is 0 Å². The minimum atomic E-state index is -0.0578. The molecule has 3 aromatic rings. The molecule has 0 aliphatic carbocycles. The number of carbonyl (C=O) groups excluding carboxylic acids is 1. The lowest BCUT2D eigenvalue weighted by Crippen LogP contribution is -2.49. The van der Waals surface area contributed by atoms with Gasteiger partial charge >= 0.3 is 0 Å². The Morgan fingerprint density at radius 2 is 1.84 bits per heavy atom. The van der Waals surface area contributed by atoms with Gasteiger partial charge < -0.3 is 28.7 Å². The number of aromatic amines is 1. The third-order valence-electron chi connectivity index (χ3n) is 6.42. The van der Waals surface area contributed by atoms with E-state index in [1.165, 1.54) is 0 Å². The summed E-state index contributed by atoms with van der Waals surface area (Å²) in [4.78, 5) is 30.8. The smallest absolute Gasteiger partial charge is 0.270 e. The molecule has 2 aliphatic heterocycles. The van der Waals surface area contributed by atoms with Crippen molar-refractivity contribution in [1.29, 1.82) is 0 Å². The number of ether oxygens (including phenoxy) is 3. The van der Waals surface area contributed by atoms with Crippen LogP contribution in [0.2, 0.25) is 0 Å². The van der Waals surface area contributed by atoms with Crippen LogP contribution in [-0.4, -0.2) is 54.8 Å². The molecule has 1 amide bonds. The summed E-state index contributed by atoms with van der Waals surface area (Å²) in [6.45, 7) is 1.89. The molecule has 1 fully saturated rings. The van der Waals surface area contributed by atoms with Gasteiger partial charge in [-0.3, -0.25) is 9.59 Å². The van der Waals surface area contributed by atoms with Crippen molar-refractivity contribution in [2.24, 2.45) is 5.92 Å². The number of aromatic nitrogens is 2.